The Labute approximate surface area is 104 Å². The summed E-state index contributed by atoms with van der Waals surface area (Å²) in [5.41, 5.74) is 0.239. The molecule has 17 heavy (non-hydrogen) atoms. The number of hydrogen-bond donors (Lipinski definition) is 2. The quantitative estimate of drug-likeness (QED) is 0.827. The summed E-state index contributed by atoms with van der Waals surface area (Å²) in [6.07, 6.45) is 0.184. The molecule has 0 saturated carbocycles. The molecule has 0 radical (unpaired) electrons. The monoisotopic (exact) mass is 237 g/mol. The van der Waals surface area contributed by atoms with Gasteiger partial charge in [-0.1, -0.05) is 0 Å². The first-order valence-corrected chi connectivity index (χ1v) is 6.04. The number of benzene rings is 1. The van der Waals surface area contributed by atoms with Gasteiger partial charge in [-0.05, 0) is 58.9 Å². The molecule has 1 aromatic carbocycles. The minimum atomic E-state index is -0.743. The molecule has 1 rings (SSSR count). The summed E-state index contributed by atoms with van der Waals surface area (Å²) >= 11 is 0. The summed E-state index contributed by atoms with van der Waals surface area (Å²) < 4.78 is 5.56. The Morgan fingerprint density at radius 1 is 1.12 bits per heavy atom. The first-order chi connectivity index (χ1) is 7.79. The zero-order valence-electron chi connectivity index (χ0n) is 11.3. The average molecular weight is 237 g/mol. The second-order valence-corrected chi connectivity index (χ2v) is 5.21. The van der Waals surface area contributed by atoms with Crippen molar-refractivity contribution in [2.45, 2.75) is 52.4 Å². The molecule has 0 bridgehead atoms. The zero-order valence-corrected chi connectivity index (χ0v) is 11.3. The lowest BCUT2D eigenvalue weighted by atomic mass is 10.0. The van der Waals surface area contributed by atoms with Crippen LogP contribution in [0.2, 0.25) is 0 Å². The van der Waals surface area contributed by atoms with Crippen molar-refractivity contribution < 1.29 is 9.84 Å². The first-order valence-electron chi connectivity index (χ1n) is 6.04. The number of aliphatic hydroxyl groups is 1. The Morgan fingerprint density at radius 2 is 1.65 bits per heavy atom. The summed E-state index contributed by atoms with van der Waals surface area (Å²) in [7, 11) is 0. The average Bonchev–Trinajstić information content (AvgIpc) is 2.18. The van der Waals surface area contributed by atoms with Gasteiger partial charge in [-0.3, -0.25) is 0 Å². The molecule has 0 fully saturated rings. The van der Waals surface area contributed by atoms with Gasteiger partial charge in [0.25, 0.3) is 0 Å². The van der Waals surface area contributed by atoms with Gasteiger partial charge in [-0.15, -0.1) is 0 Å². The van der Waals surface area contributed by atoms with Crippen LogP contribution < -0.4 is 10.1 Å². The van der Waals surface area contributed by atoms with Gasteiger partial charge in [0.15, 0.2) is 0 Å². The third-order valence-corrected chi connectivity index (χ3v) is 2.67. The maximum absolute atomic E-state index is 9.83. The van der Waals surface area contributed by atoms with E-state index in [0.717, 1.165) is 11.4 Å². The second-order valence-electron chi connectivity index (χ2n) is 5.21. The van der Waals surface area contributed by atoms with Gasteiger partial charge in [0, 0.05) is 5.69 Å². The molecule has 0 aliphatic carbocycles. The fourth-order valence-corrected chi connectivity index (χ4v) is 1.33. The van der Waals surface area contributed by atoms with E-state index >= 15 is 0 Å². The predicted molar refractivity (Wildman–Crippen MR) is 71.6 cm³/mol. The van der Waals surface area contributed by atoms with E-state index < -0.39 is 5.60 Å². The molecule has 0 heterocycles. The van der Waals surface area contributed by atoms with Crippen LogP contribution in [0.4, 0.5) is 5.69 Å². The smallest absolute Gasteiger partial charge is 0.119 e. The van der Waals surface area contributed by atoms with Crippen molar-refractivity contribution in [1.29, 1.82) is 0 Å². The summed E-state index contributed by atoms with van der Waals surface area (Å²) in [5, 5.41) is 13.1. The summed E-state index contributed by atoms with van der Waals surface area (Å²) in [4.78, 5) is 0. The molecule has 2 N–H and O–H groups in total. The minimum absolute atomic E-state index is 0.0145. The molecule has 1 aromatic rings. The summed E-state index contributed by atoms with van der Waals surface area (Å²) in [5.74, 6) is 0.862. The highest BCUT2D eigenvalue weighted by Crippen LogP contribution is 2.19. The lowest BCUT2D eigenvalue weighted by molar-refractivity contribution is 0.0649. The van der Waals surface area contributed by atoms with Gasteiger partial charge in [0.2, 0.25) is 0 Å². The normalized spacial score (nSPS) is 13.6. The number of nitrogens with one attached hydrogen (secondary N) is 1. The van der Waals surface area contributed by atoms with E-state index in [-0.39, 0.29) is 12.1 Å². The molecule has 3 nitrogen and oxygen atoms in total. The molecule has 96 valence electrons. The molecule has 1 atom stereocenters. The molecular formula is C14H23NO2. The van der Waals surface area contributed by atoms with Crippen molar-refractivity contribution in [2.24, 2.45) is 0 Å². The minimum Gasteiger partial charge on any atom is -0.491 e. The maximum Gasteiger partial charge on any atom is 0.119 e. The van der Waals surface area contributed by atoms with Gasteiger partial charge in [-0.2, -0.15) is 0 Å². The molecule has 0 saturated heterocycles. The van der Waals surface area contributed by atoms with Crippen LogP contribution in [-0.4, -0.2) is 22.9 Å². The van der Waals surface area contributed by atoms with E-state index in [1.165, 1.54) is 0 Å². The third kappa shape index (κ3) is 4.65. The highest BCUT2D eigenvalue weighted by atomic mass is 16.5. The largest absolute Gasteiger partial charge is 0.491 e. The molecule has 0 aliphatic heterocycles. The second kappa shape index (κ2) is 5.41. The van der Waals surface area contributed by atoms with E-state index in [0.29, 0.717) is 0 Å². The van der Waals surface area contributed by atoms with E-state index in [4.69, 9.17) is 4.74 Å². The van der Waals surface area contributed by atoms with Gasteiger partial charge in [0.05, 0.1) is 17.7 Å². The molecule has 0 amide bonds. The first kappa shape index (κ1) is 13.8. The van der Waals surface area contributed by atoms with Crippen molar-refractivity contribution in [2.75, 3.05) is 5.32 Å². The van der Waals surface area contributed by atoms with Crippen LogP contribution in [0.3, 0.4) is 0 Å². The van der Waals surface area contributed by atoms with Crippen LogP contribution in [0.15, 0.2) is 24.3 Å². The van der Waals surface area contributed by atoms with Crippen LogP contribution in [0.25, 0.3) is 0 Å². The molecule has 0 aromatic heterocycles. The number of hydrogen-bond acceptors (Lipinski definition) is 3. The Balaban J connectivity index is 2.62. The Morgan fingerprint density at radius 3 is 2.06 bits per heavy atom. The van der Waals surface area contributed by atoms with Crippen molar-refractivity contribution in [3.05, 3.63) is 24.3 Å². The van der Waals surface area contributed by atoms with Gasteiger partial charge < -0.3 is 15.2 Å². The number of ether oxygens (including phenoxy) is 1. The number of rotatable bonds is 5. The van der Waals surface area contributed by atoms with Crippen LogP contribution in [0.1, 0.15) is 34.6 Å². The highest BCUT2D eigenvalue weighted by Gasteiger charge is 2.21. The Hall–Kier alpha value is -1.22. The van der Waals surface area contributed by atoms with Gasteiger partial charge >= 0.3 is 0 Å². The van der Waals surface area contributed by atoms with Crippen molar-refractivity contribution in [1.82, 2.24) is 0 Å². The fourth-order valence-electron chi connectivity index (χ4n) is 1.33. The lowest BCUT2D eigenvalue weighted by Gasteiger charge is -2.27. The molecule has 0 spiro atoms. The molecule has 3 heteroatoms. The van der Waals surface area contributed by atoms with Gasteiger partial charge in [-0.25, -0.2) is 0 Å². The van der Waals surface area contributed by atoms with Gasteiger partial charge in [0.1, 0.15) is 5.75 Å². The SMILES string of the molecule is CC(C)Oc1ccc(NC(C)C(C)(C)O)cc1. The topological polar surface area (TPSA) is 41.5 Å². The van der Waals surface area contributed by atoms with Crippen LogP contribution >= 0.6 is 0 Å². The predicted octanol–water partition coefficient (Wildman–Crippen LogP) is 3.05. The van der Waals surface area contributed by atoms with Crippen LogP contribution in [0.5, 0.6) is 5.75 Å². The van der Waals surface area contributed by atoms with E-state index in [9.17, 15) is 5.11 Å². The summed E-state index contributed by atoms with van der Waals surface area (Å²) in [6.45, 7) is 9.55. The highest BCUT2D eigenvalue weighted by molar-refractivity contribution is 5.47. The van der Waals surface area contributed by atoms with Crippen LogP contribution in [-0.2, 0) is 0 Å². The molecule has 1 unspecified atom stereocenters. The van der Waals surface area contributed by atoms with E-state index in [1.54, 1.807) is 13.8 Å². The van der Waals surface area contributed by atoms with Crippen molar-refractivity contribution in [3.63, 3.8) is 0 Å². The van der Waals surface area contributed by atoms with E-state index in [1.807, 2.05) is 45.0 Å². The fraction of sp³-hybridized carbons (Fsp3) is 0.571. The van der Waals surface area contributed by atoms with Crippen molar-refractivity contribution >= 4 is 5.69 Å². The summed E-state index contributed by atoms with van der Waals surface area (Å²) in [6, 6.07) is 7.76. The maximum atomic E-state index is 9.83. The standard InChI is InChI=1S/C14H23NO2/c1-10(2)17-13-8-6-12(7-9-13)15-11(3)14(4,5)16/h6-11,15-16H,1-5H3. The number of anilines is 1. The zero-order chi connectivity index (χ0) is 13.1. The third-order valence-electron chi connectivity index (χ3n) is 2.67. The lowest BCUT2D eigenvalue weighted by Crippen LogP contribution is -2.39. The van der Waals surface area contributed by atoms with E-state index in [2.05, 4.69) is 5.32 Å². The Bertz CT molecular complexity index is 338. The molecule has 0 aliphatic rings. The molecular weight excluding hydrogens is 214 g/mol. The Kier molecular flexibility index (Phi) is 4.40. The van der Waals surface area contributed by atoms with Crippen LogP contribution in [0, 0.1) is 0 Å². The van der Waals surface area contributed by atoms with Crippen molar-refractivity contribution in [3.8, 4) is 5.75 Å².